The Morgan fingerprint density at radius 2 is 1.34 bits per heavy atom. The molecular weight excluding hydrogens is 436 g/mol. The van der Waals surface area contributed by atoms with Gasteiger partial charge in [0.2, 0.25) is 0 Å². The minimum absolute atomic E-state index is 0. The van der Waals surface area contributed by atoms with Gasteiger partial charge in [-0.05, 0) is 0 Å². The predicted octanol–water partition coefficient (Wildman–Crippen LogP) is 7.38. The maximum absolute atomic E-state index is 2.34. The zero-order chi connectivity index (χ0) is 19.5. The van der Waals surface area contributed by atoms with Gasteiger partial charge < -0.3 is 29.3 Å². The third-order valence-electron chi connectivity index (χ3n) is 5.03. The van der Waals surface area contributed by atoms with Gasteiger partial charge in [-0.2, -0.15) is 59.0 Å². The topological polar surface area (TPSA) is 0 Å². The summed E-state index contributed by atoms with van der Waals surface area (Å²) >= 11 is 0. The normalized spacial score (nSPS) is 9.79. The second kappa shape index (κ2) is 14.4. The standard InChI is InChI=1S/C17H22.2C5H5.2Fe/c1-5-13-9-7-11-15(13)17(3,4)16-12-8-10-14(16)6-2;2*1-2-4-5-3-1;;/h7-12H,5-6H2,1-4H3;2*1-5H;;/q-6;2*-1;;. The van der Waals surface area contributed by atoms with Gasteiger partial charge in [0.1, 0.15) is 0 Å². The van der Waals surface area contributed by atoms with E-state index in [0.717, 1.165) is 12.8 Å². The number of rotatable bonds is 4. The van der Waals surface area contributed by atoms with Crippen molar-refractivity contribution in [2.75, 3.05) is 0 Å². The monoisotopic (exact) mass is 468 g/mol. The van der Waals surface area contributed by atoms with Crippen LogP contribution in [0.25, 0.3) is 0 Å². The quantitative estimate of drug-likeness (QED) is 0.217. The number of hydrogen-bond acceptors (Lipinski definition) is 0. The van der Waals surface area contributed by atoms with Gasteiger partial charge in [0.15, 0.2) is 0 Å². The Labute approximate surface area is 198 Å². The third kappa shape index (κ3) is 8.00. The molecule has 0 aromatic heterocycles. The Morgan fingerprint density at radius 3 is 1.76 bits per heavy atom. The fraction of sp³-hybridized carbons (Fsp3) is 0.259. The Morgan fingerprint density at radius 1 is 0.793 bits per heavy atom. The van der Waals surface area contributed by atoms with Crippen molar-refractivity contribution in [3.05, 3.63) is 119 Å². The van der Waals surface area contributed by atoms with Gasteiger partial charge in [0.25, 0.3) is 0 Å². The average molecular weight is 468 g/mol. The molecule has 0 aliphatic rings. The molecule has 0 radical (unpaired) electrons. The van der Waals surface area contributed by atoms with Crippen LogP contribution in [-0.4, -0.2) is 0 Å². The largest absolute Gasteiger partial charge is 0.747 e. The molecule has 0 aliphatic heterocycles. The summed E-state index contributed by atoms with van der Waals surface area (Å²) in [4.78, 5) is 0. The molecule has 0 atom stereocenters. The van der Waals surface area contributed by atoms with E-state index in [1.165, 1.54) is 22.3 Å². The fourth-order valence-corrected chi connectivity index (χ4v) is 3.54. The second-order valence-electron chi connectivity index (χ2n) is 7.19. The van der Waals surface area contributed by atoms with Gasteiger partial charge in [-0.3, -0.25) is 0 Å². The van der Waals surface area contributed by atoms with E-state index in [1.807, 2.05) is 60.7 Å². The molecule has 0 saturated carbocycles. The van der Waals surface area contributed by atoms with Gasteiger partial charge in [0.05, 0.1) is 0 Å². The summed E-state index contributed by atoms with van der Waals surface area (Å²) in [6.07, 6.45) is 2.24. The number of aryl methyl sites for hydroxylation is 2. The average Bonchev–Trinajstić information content (AvgIpc) is 3.48. The van der Waals surface area contributed by atoms with E-state index < -0.39 is 0 Å². The summed E-state index contributed by atoms with van der Waals surface area (Å²) in [6.45, 7) is 9.16. The van der Waals surface area contributed by atoms with Crippen LogP contribution < -0.4 is 0 Å². The summed E-state index contributed by atoms with van der Waals surface area (Å²) < 4.78 is 0. The van der Waals surface area contributed by atoms with Gasteiger partial charge in [-0.1, -0.05) is 34.1 Å². The van der Waals surface area contributed by atoms with E-state index in [0.29, 0.717) is 0 Å². The Kier molecular flexibility index (Phi) is 13.6. The molecule has 0 saturated heterocycles. The predicted molar refractivity (Wildman–Crippen MR) is 119 cm³/mol. The molecule has 0 unspecified atom stereocenters. The van der Waals surface area contributed by atoms with Crippen molar-refractivity contribution in [3.63, 3.8) is 0 Å². The molecule has 0 N–H and O–H groups in total. The van der Waals surface area contributed by atoms with Crippen LogP contribution in [0.3, 0.4) is 0 Å². The van der Waals surface area contributed by atoms with Crippen molar-refractivity contribution < 1.29 is 34.1 Å². The van der Waals surface area contributed by atoms with Gasteiger partial charge in [-0.25, -0.2) is 42.8 Å². The summed E-state index contributed by atoms with van der Waals surface area (Å²) in [5.41, 5.74) is 6.07. The molecular formula is C27H32Fe2-8. The molecule has 0 nitrogen and oxygen atoms in total. The van der Waals surface area contributed by atoms with Crippen molar-refractivity contribution in [2.24, 2.45) is 0 Å². The van der Waals surface area contributed by atoms with Crippen molar-refractivity contribution >= 4 is 0 Å². The second-order valence-corrected chi connectivity index (χ2v) is 7.19. The molecule has 0 fully saturated rings. The zero-order valence-electron chi connectivity index (χ0n) is 17.9. The minimum atomic E-state index is 0. The van der Waals surface area contributed by atoms with Crippen molar-refractivity contribution in [3.8, 4) is 0 Å². The molecule has 4 aromatic rings. The van der Waals surface area contributed by atoms with Crippen LogP contribution in [0.15, 0.2) is 97.1 Å². The Bertz CT molecular complexity index is 722. The van der Waals surface area contributed by atoms with Crippen LogP contribution in [0.5, 0.6) is 0 Å². The molecule has 0 aliphatic carbocycles. The Hall–Kier alpha value is -1.56. The van der Waals surface area contributed by atoms with E-state index >= 15 is 0 Å². The molecule has 164 valence electrons. The molecule has 2 heteroatoms. The third-order valence-corrected chi connectivity index (χ3v) is 5.03. The van der Waals surface area contributed by atoms with E-state index in [1.54, 1.807) is 0 Å². The fourth-order valence-electron chi connectivity index (χ4n) is 3.54. The van der Waals surface area contributed by atoms with Gasteiger partial charge >= 0.3 is 0 Å². The molecule has 4 aromatic carbocycles. The van der Waals surface area contributed by atoms with Gasteiger partial charge in [0, 0.05) is 34.1 Å². The minimum Gasteiger partial charge on any atom is -0.747 e. The smallest absolute Gasteiger partial charge is 0 e. The van der Waals surface area contributed by atoms with Crippen LogP contribution >= 0.6 is 0 Å². The van der Waals surface area contributed by atoms with Crippen molar-refractivity contribution in [1.29, 1.82) is 0 Å². The SMILES string of the molecule is CC[c-]1cccc1C(C)(C)[c-]1[cH-][cH-][cH-][c-]1CC.[Fe].[Fe].c1cc[cH-]c1.c1cc[cH-]c1. The first-order chi connectivity index (χ1) is 13.1. The van der Waals surface area contributed by atoms with Crippen LogP contribution in [0.2, 0.25) is 0 Å². The first kappa shape index (κ1) is 27.4. The van der Waals surface area contributed by atoms with E-state index in [4.69, 9.17) is 0 Å². The van der Waals surface area contributed by atoms with Crippen molar-refractivity contribution in [2.45, 2.75) is 46.0 Å². The molecule has 29 heavy (non-hydrogen) atoms. The van der Waals surface area contributed by atoms with Crippen molar-refractivity contribution in [1.82, 2.24) is 0 Å². The van der Waals surface area contributed by atoms with Crippen LogP contribution in [0, 0.1) is 0 Å². The van der Waals surface area contributed by atoms with E-state index in [9.17, 15) is 0 Å². The molecule has 0 bridgehead atoms. The number of hydrogen-bond donors (Lipinski definition) is 0. The first-order valence-corrected chi connectivity index (χ1v) is 9.94. The summed E-state index contributed by atoms with van der Waals surface area (Å²) in [6, 6.07) is 33.4. The Balaban J connectivity index is 0.000000537. The summed E-state index contributed by atoms with van der Waals surface area (Å²) in [5.74, 6) is 0. The molecule has 4 rings (SSSR count). The molecule has 0 amide bonds. The summed E-state index contributed by atoms with van der Waals surface area (Å²) in [5, 5.41) is 0. The zero-order valence-corrected chi connectivity index (χ0v) is 20.1. The van der Waals surface area contributed by atoms with Gasteiger partial charge in [-0.15, -0.1) is 0 Å². The first-order valence-electron chi connectivity index (χ1n) is 9.94. The maximum Gasteiger partial charge on any atom is 0 e. The maximum atomic E-state index is 2.34. The van der Waals surface area contributed by atoms with E-state index in [2.05, 4.69) is 64.1 Å². The molecule has 0 heterocycles. The van der Waals surface area contributed by atoms with Crippen LogP contribution in [0.1, 0.15) is 49.9 Å². The summed E-state index contributed by atoms with van der Waals surface area (Å²) in [7, 11) is 0. The van der Waals surface area contributed by atoms with Crippen LogP contribution in [0.4, 0.5) is 0 Å². The van der Waals surface area contributed by atoms with Crippen LogP contribution in [-0.2, 0) is 52.4 Å². The molecule has 0 spiro atoms. The van der Waals surface area contributed by atoms with E-state index in [-0.39, 0.29) is 39.6 Å².